The number of hydrogen-bond acceptors (Lipinski definition) is 3. The minimum absolute atomic E-state index is 0.622. The Labute approximate surface area is 60.4 Å². The van der Waals surface area contributed by atoms with Crippen LogP contribution in [0.1, 0.15) is 13.3 Å². The fourth-order valence-corrected chi connectivity index (χ4v) is 0.998. The highest BCUT2D eigenvalue weighted by molar-refractivity contribution is 7.98. The first-order valence-electron chi connectivity index (χ1n) is 2.81. The van der Waals surface area contributed by atoms with Crippen molar-refractivity contribution in [3.63, 3.8) is 0 Å². The fraction of sp³-hybridized carbons (Fsp3) is 0.833. The van der Waals surface area contributed by atoms with Gasteiger partial charge in [-0.15, -0.1) is 0 Å². The van der Waals surface area contributed by atoms with Crippen molar-refractivity contribution in [3.8, 4) is 6.07 Å². The Morgan fingerprint density at radius 2 is 2.33 bits per heavy atom. The second-order valence-corrected chi connectivity index (χ2v) is 3.26. The largest absolute Gasteiger partial charge is 0.314 e. The van der Waals surface area contributed by atoms with Crippen LogP contribution in [0.3, 0.4) is 0 Å². The summed E-state index contributed by atoms with van der Waals surface area (Å²) in [6.45, 7) is 1.75. The molecule has 0 aromatic heterocycles. The molecule has 0 aliphatic carbocycles. The van der Waals surface area contributed by atoms with Gasteiger partial charge in [-0.3, -0.25) is 0 Å². The molecule has 2 N–H and O–H groups in total. The van der Waals surface area contributed by atoms with Crippen molar-refractivity contribution in [1.82, 2.24) is 0 Å². The van der Waals surface area contributed by atoms with Gasteiger partial charge in [0.2, 0.25) is 0 Å². The normalized spacial score (nSPS) is 16.2. The molecular weight excluding hydrogens is 132 g/mol. The van der Waals surface area contributed by atoms with Gasteiger partial charge in [0.15, 0.2) is 0 Å². The van der Waals surface area contributed by atoms with Crippen molar-refractivity contribution in [2.75, 3.05) is 12.0 Å². The highest BCUT2D eigenvalue weighted by atomic mass is 32.2. The molecule has 0 aromatic carbocycles. The minimum atomic E-state index is -0.622. The molecule has 0 radical (unpaired) electrons. The lowest BCUT2D eigenvalue weighted by molar-refractivity contribution is 0.583. The van der Waals surface area contributed by atoms with E-state index in [1.54, 1.807) is 18.7 Å². The third-order valence-electron chi connectivity index (χ3n) is 1.08. The van der Waals surface area contributed by atoms with E-state index in [-0.39, 0.29) is 0 Å². The average molecular weight is 144 g/mol. The lowest BCUT2D eigenvalue weighted by Crippen LogP contribution is -2.34. The summed E-state index contributed by atoms with van der Waals surface area (Å²) < 4.78 is 0. The maximum Gasteiger partial charge on any atom is 0.102 e. The van der Waals surface area contributed by atoms with Gasteiger partial charge in [0.1, 0.15) is 5.54 Å². The van der Waals surface area contributed by atoms with Gasteiger partial charge in [0.25, 0.3) is 0 Å². The first-order valence-corrected chi connectivity index (χ1v) is 4.21. The first kappa shape index (κ1) is 8.80. The molecule has 0 saturated heterocycles. The van der Waals surface area contributed by atoms with Crippen LogP contribution in [0.2, 0.25) is 0 Å². The summed E-state index contributed by atoms with van der Waals surface area (Å²) in [5.74, 6) is 0.959. The molecule has 0 saturated carbocycles. The number of nitrogens with zero attached hydrogens (tertiary/aromatic N) is 1. The van der Waals surface area contributed by atoms with Crippen molar-refractivity contribution in [2.24, 2.45) is 5.73 Å². The van der Waals surface area contributed by atoms with E-state index in [4.69, 9.17) is 11.0 Å². The molecule has 3 heteroatoms. The molecule has 2 nitrogen and oxygen atoms in total. The molecule has 0 aliphatic rings. The monoisotopic (exact) mass is 144 g/mol. The van der Waals surface area contributed by atoms with E-state index in [9.17, 15) is 0 Å². The molecule has 0 fully saturated rings. The van der Waals surface area contributed by atoms with Crippen LogP contribution >= 0.6 is 11.8 Å². The maximum atomic E-state index is 8.44. The molecule has 0 aliphatic heterocycles. The Hall–Kier alpha value is -0.200. The third-order valence-corrected chi connectivity index (χ3v) is 1.69. The topological polar surface area (TPSA) is 49.8 Å². The summed E-state index contributed by atoms with van der Waals surface area (Å²) in [7, 11) is 0. The lowest BCUT2D eigenvalue weighted by atomic mass is 10.0. The molecule has 0 heterocycles. The number of nitriles is 1. The van der Waals surface area contributed by atoms with Crippen LogP contribution in [0.5, 0.6) is 0 Å². The molecular formula is C6H12N2S. The predicted octanol–water partition coefficient (Wildman–Crippen LogP) is 0.980. The zero-order valence-electron chi connectivity index (χ0n) is 5.85. The molecule has 0 amide bonds. The maximum absolute atomic E-state index is 8.44. The summed E-state index contributed by atoms with van der Waals surface area (Å²) in [5, 5.41) is 8.44. The molecule has 0 rings (SSSR count). The van der Waals surface area contributed by atoms with E-state index < -0.39 is 5.54 Å². The number of thioether (sulfide) groups is 1. The number of nitrogens with two attached hydrogens (primary N) is 1. The predicted molar refractivity (Wildman–Crippen MR) is 41.2 cm³/mol. The Morgan fingerprint density at radius 1 is 1.78 bits per heavy atom. The van der Waals surface area contributed by atoms with E-state index in [1.807, 2.05) is 12.3 Å². The van der Waals surface area contributed by atoms with Crippen molar-refractivity contribution < 1.29 is 0 Å². The van der Waals surface area contributed by atoms with E-state index >= 15 is 0 Å². The molecule has 0 unspecified atom stereocenters. The third kappa shape index (κ3) is 4.31. The molecule has 0 bridgehead atoms. The Bertz CT molecular complexity index is 115. The van der Waals surface area contributed by atoms with Gasteiger partial charge >= 0.3 is 0 Å². The first-order chi connectivity index (χ1) is 4.12. The summed E-state index contributed by atoms with van der Waals surface area (Å²) in [4.78, 5) is 0. The zero-order valence-corrected chi connectivity index (χ0v) is 6.66. The molecule has 1 atom stereocenters. The molecule has 0 aromatic rings. The number of hydrogen-bond donors (Lipinski definition) is 1. The van der Waals surface area contributed by atoms with Crippen LogP contribution in [0.4, 0.5) is 0 Å². The second-order valence-electron chi connectivity index (χ2n) is 2.27. The van der Waals surface area contributed by atoms with Gasteiger partial charge < -0.3 is 5.73 Å². The van der Waals surface area contributed by atoms with Crippen LogP contribution in [-0.2, 0) is 0 Å². The number of rotatable bonds is 3. The van der Waals surface area contributed by atoms with E-state index in [0.29, 0.717) is 0 Å². The minimum Gasteiger partial charge on any atom is -0.314 e. The van der Waals surface area contributed by atoms with E-state index in [0.717, 1.165) is 12.2 Å². The van der Waals surface area contributed by atoms with E-state index in [2.05, 4.69) is 0 Å². The van der Waals surface area contributed by atoms with Crippen LogP contribution < -0.4 is 5.73 Å². The smallest absolute Gasteiger partial charge is 0.102 e. The van der Waals surface area contributed by atoms with Crippen LogP contribution in [0.25, 0.3) is 0 Å². The van der Waals surface area contributed by atoms with Crippen molar-refractivity contribution in [3.05, 3.63) is 0 Å². The van der Waals surface area contributed by atoms with Gasteiger partial charge in [0.05, 0.1) is 6.07 Å². The van der Waals surface area contributed by atoms with Crippen molar-refractivity contribution in [1.29, 1.82) is 5.26 Å². The summed E-state index contributed by atoms with van der Waals surface area (Å²) in [6.07, 6.45) is 2.78. The standard InChI is InChI=1S/C6H12N2S/c1-6(8,5-7)3-4-9-2/h3-4,8H2,1-2H3/t6-/m1/s1. The van der Waals surface area contributed by atoms with Gasteiger partial charge in [-0.25, -0.2) is 0 Å². The van der Waals surface area contributed by atoms with Gasteiger partial charge in [-0.05, 0) is 25.4 Å². The quantitative estimate of drug-likeness (QED) is 0.642. The molecule has 0 spiro atoms. The van der Waals surface area contributed by atoms with Crippen LogP contribution in [0.15, 0.2) is 0 Å². The van der Waals surface area contributed by atoms with E-state index in [1.165, 1.54) is 0 Å². The Kier molecular flexibility index (Phi) is 3.67. The molecule has 9 heavy (non-hydrogen) atoms. The van der Waals surface area contributed by atoms with Gasteiger partial charge in [-0.1, -0.05) is 0 Å². The van der Waals surface area contributed by atoms with Gasteiger partial charge in [-0.2, -0.15) is 17.0 Å². The van der Waals surface area contributed by atoms with Crippen molar-refractivity contribution in [2.45, 2.75) is 18.9 Å². The van der Waals surface area contributed by atoms with Crippen molar-refractivity contribution >= 4 is 11.8 Å². The zero-order chi connectivity index (χ0) is 7.33. The van der Waals surface area contributed by atoms with Gasteiger partial charge in [0, 0.05) is 0 Å². The van der Waals surface area contributed by atoms with Crippen LogP contribution in [-0.4, -0.2) is 17.5 Å². The highest BCUT2D eigenvalue weighted by Gasteiger charge is 2.15. The SMILES string of the molecule is CSCC[C@@](C)(N)C#N. The Morgan fingerprint density at radius 3 is 2.67 bits per heavy atom. The average Bonchev–Trinajstić information content (AvgIpc) is 1.84. The fourth-order valence-electron chi connectivity index (χ4n) is 0.370. The highest BCUT2D eigenvalue weighted by Crippen LogP contribution is 2.07. The summed E-state index contributed by atoms with van der Waals surface area (Å²) in [5.41, 5.74) is 4.91. The van der Waals surface area contributed by atoms with Crippen LogP contribution in [0, 0.1) is 11.3 Å². The summed E-state index contributed by atoms with van der Waals surface area (Å²) >= 11 is 1.71. The Balaban J connectivity index is 3.49. The lowest BCUT2D eigenvalue weighted by Gasteiger charge is -2.12. The second kappa shape index (κ2) is 3.76. The molecule has 52 valence electrons. The summed E-state index contributed by atoms with van der Waals surface area (Å²) in [6, 6.07) is 2.04.